The summed E-state index contributed by atoms with van der Waals surface area (Å²) < 4.78 is 31.7. The van der Waals surface area contributed by atoms with Gasteiger partial charge in [0, 0.05) is 12.0 Å². The van der Waals surface area contributed by atoms with E-state index in [2.05, 4.69) is 26.2 Å². The normalized spacial score (nSPS) is 10.8. The van der Waals surface area contributed by atoms with E-state index < -0.39 is 10.0 Å². The maximum Gasteiger partial charge on any atom is 0.263 e. The van der Waals surface area contributed by atoms with Crippen molar-refractivity contribution < 1.29 is 18.0 Å². The van der Waals surface area contributed by atoms with Gasteiger partial charge in [0.25, 0.3) is 10.0 Å². The average molecular weight is 306 g/mol. The summed E-state index contributed by atoms with van der Waals surface area (Å²) in [6.45, 7) is 1.78. The van der Waals surface area contributed by atoms with E-state index in [9.17, 15) is 8.42 Å². The Kier molecular flexibility index (Phi) is 4.62. The summed E-state index contributed by atoms with van der Waals surface area (Å²) in [6.07, 6.45) is 2.75. The van der Waals surface area contributed by atoms with Crippen LogP contribution in [0.5, 0.6) is 0 Å². The van der Waals surface area contributed by atoms with Crippen LogP contribution in [0.3, 0.4) is 0 Å². The van der Waals surface area contributed by atoms with Gasteiger partial charge in [-0.25, -0.2) is 8.42 Å². The number of benzene rings is 1. The first-order valence-corrected chi connectivity index (χ1v) is 7.64. The van der Waals surface area contributed by atoms with Crippen molar-refractivity contribution in [2.24, 2.45) is 0 Å². The van der Waals surface area contributed by atoms with E-state index in [4.69, 9.17) is 5.11 Å². The summed E-state index contributed by atoms with van der Waals surface area (Å²) >= 11 is 0. The quantitative estimate of drug-likeness (QED) is 0.835. The number of aliphatic hydroxyl groups is 1. The van der Waals surface area contributed by atoms with E-state index in [-0.39, 0.29) is 23.6 Å². The molecule has 0 bridgehead atoms. The molecule has 0 atom stereocenters. The van der Waals surface area contributed by atoms with Crippen molar-refractivity contribution in [3.05, 3.63) is 41.8 Å². The first kappa shape index (κ1) is 15.1. The lowest BCUT2D eigenvalue weighted by Gasteiger charge is -2.08. The van der Waals surface area contributed by atoms with Crippen LogP contribution in [0.25, 0.3) is 0 Å². The fourth-order valence-corrected chi connectivity index (χ4v) is 2.82. The van der Waals surface area contributed by atoms with Gasteiger partial charge in [-0.3, -0.25) is 4.72 Å². The van der Waals surface area contributed by atoms with Crippen molar-refractivity contribution in [1.82, 2.24) is 5.16 Å². The molecule has 0 saturated carbocycles. The van der Waals surface area contributed by atoms with Crippen molar-refractivity contribution >= 4 is 15.7 Å². The van der Waals surface area contributed by atoms with Crippen LogP contribution in [0.4, 0.5) is 5.69 Å². The lowest BCUT2D eigenvalue weighted by molar-refractivity contribution is 0.305. The Hall–Kier alpha value is -2.30. The minimum Gasteiger partial charge on any atom is -0.395 e. The van der Waals surface area contributed by atoms with Gasteiger partial charge in [0.15, 0.2) is 0 Å². The molecule has 6 nitrogen and oxygen atoms in total. The van der Waals surface area contributed by atoms with E-state index in [1.54, 1.807) is 12.1 Å². The summed E-state index contributed by atoms with van der Waals surface area (Å²) in [4.78, 5) is 0.0692. The Labute approximate surface area is 122 Å². The molecule has 1 heterocycles. The second kappa shape index (κ2) is 6.43. The van der Waals surface area contributed by atoms with Gasteiger partial charge in [0.05, 0.1) is 12.8 Å². The maximum absolute atomic E-state index is 12.4. The van der Waals surface area contributed by atoms with Crippen molar-refractivity contribution in [2.75, 3.05) is 11.3 Å². The van der Waals surface area contributed by atoms with Gasteiger partial charge in [0.1, 0.15) is 16.8 Å². The van der Waals surface area contributed by atoms with E-state index in [0.717, 1.165) is 5.56 Å². The van der Waals surface area contributed by atoms with Gasteiger partial charge < -0.3 is 9.63 Å². The Morgan fingerprint density at radius 3 is 2.90 bits per heavy atom. The largest absolute Gasteiger partial charge is 0.395 e. The second-order valence-corrected chi connectivity index (χ2v) is 5.94. The number of aryl methyl sites for hydroxylation is 1. The maximum atomic E-state index is 12.4. The van der Waals surface area contributed by atoms with Crippen molar-refractivity contribution in [3.63, 3.8) is 0 Å². The Morgan fingerprint density at radius 2 is 2.24 bits per heavy atom. The van der Waals surface area contributed by atoms with Gasteiger partial charge in [-0.05, 0) is 24.6 Å². The van der Waals surface area contributed by atoms with Crippen LogP contribution in [0, 0.1) is 18.8 Å². The molecule has 110 valence electrons. The van der Waals surface area contributed by atoms with E-state index in [0.29, 0.717) is 5.56 Å². The van der Waals surface area contributed by atoms with Crippen LogP contribution in [-0.4, -0.2) is 25.3 Å². The summed E-state index contributed by atoms with van der Waals surface area (Å²) in [6, 6.07) is 4.88. The number of rotatable bonds is 4. The SMILES string of the molecule is Cc1ccc(S(=O)(=O)Nc2cnoc2)c(C#CCCO)c1. The van der Waals surface area contributed by atoms with Crippen molar-refractivity contribution in [2.45, 2.75) is 18.2 Å². The van der Waals surface area contributed by atoms with E-state index >= 15 is 0 Å². The minimum absolute atomic E-state index is 0.0692. The summed E-state index contributed by atoms with van der Waals surface area (Å²) in [5.41, 5.74) is 1.52. The molecule has 0 spiro atoms. The molecule has 1 aromatic heterocycles. The molecule has 0 aliphatic rings. The van der Waals surface area contributed by atoms with Gasteiger partial charge in [-0.15, -0.1) is 0 Å². The average Bonchev–Trinajstić information content (AvgIpc) is 2.91. The van der Waals surface area contributed by atoms with Gasteiger partial charge in [-0.1, -0.05) is 23.1 Å². The first-order chi connectivity index (χ1) is 10.0. The second-order valence-electron chi connectivity index (χ2n) is 4.29. The minimum atomic E-state index is -3.78. The van der Waals surface area contributed by atoms with Crippen LogP contribution in [0.15, 0.2) is 40.1 Å². The third-order valence-corrected chi connectivity index (χ3v) is 4.01. The zero-order valence-corrected chi connectivity index (χ0v) is 12.1. The number of hydrogen-bond acceptors (Lipinski definition) is 5. The van der Waals surface area contributed by atoms with Crippen LogP contribution in [0.1, 0.15) is 17.5 Å². The Morgan fingerprint density at radius 1 is 1.43 bits per heavy atom. The molecule has 0 radical (unpaired) electrons. The molecule has 0 aliphatic carbocycles. The van der Waals surface area contributed by atoms with Gasteiger partial charge >= 0.3 is 0 Å². The predicted molar refractivity (Wildman–Crippen MR) is 77.1 cm³/mol. The smallest absolute Gasteiger partial charge is 0.263 e. The fraction of sp³-hybridized carbons (Fsp3) is 0.214. The topological polar surface area (TPSA) is 92.4 Å². The molecular weight excluding hydrogens is 292 g/mol. The molecule has 0 fully saturated rings. The molecule has 0 aliphatic heterocycles. The highest BCUT2D eigenvalue weighted by atomic mass is 32.2. The van der Waals surface area contributed by atoms with Gasteiger partial charge in [-0.2, -0.15) is 0 Å². The lowest BCUT2D eigenvalue weighted by atomic mass is 10.1. The van der Waals surface area contributed by atoms with Crippen LogP contribution >= 0.6 is 0 Å². The number of hydrogen-bond donors (Lipinski definition) is 2. The number of nitrogens with one attached hydrogen (secondary N) is 1. The highest BCUT2D eigenvalue weighted by Gasteiger charge is 2.18. The van der Waals surface area contributed by atoms with E-state index in [1.807, 2.05) is 6.92 Å². The first-order valence-electron chi connectivity index (χ1n) is 6.15. The monoisotopic (exact) mass is 306 g/mol. The van der Waals surface area contributed by atoms with Crippen LogP contribution in [-0.2, 0) is 10.0 Å². The predicted octanol–water partition coefficient (Wildman–Crippen LogP) is 1.52. The molecule has 0 unspecified atom stereocenters. The van der Waals surface area contributed by atoms with Crippen molar-refractivity contribution in [3.8, 4) is 11.8 Å². The Balaban J connectivity index is 2.41. The Bertz CT molecular complexity index is 771. The molecule has 2 rings (SSSR count). The molecule has 0 amide bonds. The molecule has 0 saturated heterocycles. The molecule has 2 N–H and O–H groups in total. The number of nitrogens with zero attached hydrogens (tertiary/aromatic N) is 1. The number of aromatic nitrogens is 1. The summed E-state index contributed by atoms with van der Waals surface area (Å²) in [5.74, 6) is 5.50. The standard InChI is InChI=1S/C14H14N2O4S/c1-11-5-6-14(12(8-11)4-2-3-7-17)21(18,19)16-13-9-15-20-10-13/h5-6,8-10,16-17H,3,7H2,1H3. The zero-order chi connectivity index (χ0) is 15.3. The third kappa shape index (κ3) is 3.84. The highest BCUT2D eigenvalue weighted by Crippen LogP contribution is 2.20. The van der Waals surface area contributed by atoms with Crippen molar-refractivity contribution in [1.29, 1.82) is 0 Å². The molecule has 7 heteroatoms. The number of sulfonamides is 1. The fourth-order valence-electron chi connectivity index (χ4n) is 1.65. The lowest BCUT2D eigenvalue weighted by Crippen LogP contribution is -2.14. The van der Waals surface area contributed by atoms with Gasteiger partial charge in [0.2, 0.25) is 0 Å². The third-order valence-electron chi connectivity index (χ3n) is 2.57. The summed E-state index contributed by atoms with van der Waals surface area (Å²) in [5, 5.41) is 12.2. The van der Waals surface area contributed by atoms with Crippen LogP contribution in [0.2, 0.25) is 0 Å². The molecule has 2 aromatic rings. The number of anilines is 1. The van der Waals surface area contributed by atoms with Crippen LogP contribution < -0.4 is 4.72 Å². The highest BCUT2D eigenvalue weighted by molar-refractivity contribution is 7.92. The molecular formula is C14H14N2O4S. The van der Waals surface area contributed by atoms with E-state index in [1.165, 1.54) is 18.5 Å². The summed E-state index contributed by atoms with van der Waals surface area (Å²) in [7, 11) is -3.78. The molecule has 1 aromatic carbocycles. The molecule has 21 heavy (non-hydrogen) atoms. The number of aliphatic hydroxyl groups excluding tert-OH is 1. The zero-order valence-electron chi connectivity index (χ0n) is 11.3.